The highest BCUT2D eigenvalue weighted by Crippen LogP contribution is 2.26. The van der Waals surface area contributed by atoms with Crippen LogP contribution >= 0.6 is 15.9 Å². The smallest absolute Gasteiger partial charge is 0.0564 e. The van der Waals surface area contributed by atoms with Crippen molar-refractivity contribution in [2.75, 3.05) is 45.0 Å². The van der Waals surface area contributed by atoms with Gasteiger partial charge in [-0.3, -0.25) is 0 Å². The van der Waals surface area contributed by atoms with Gasteiger partial charge in [0, 0.05) is 30.6 Å². The van der Waals surface area contributed by atoms with Crippen LogP contribution in [0.2, 0.25) is 0 Å². The van der Waals surface area contributed by atoms with Crippen molar-refractivity contribution in [1.29, 1.82) is 0 Å². The number of hydrogen-bond acceptors (Lipinski definition) is 3. The molecule has 1 heterocycles. The van der Waals surface area contributed by atoms with E-state index in [1.54, 1.807) is 0 Å². The molecule has 0 atom stereocenters. The molecule has 3 nitrogen and oxygen atoms in total. The van der Waals surface area contributed by atoms with Gasteiger partial charge in [0.1, 0.15) is 0 Å². The highest BCUT2D eigenvalue weighted by atomic mass is 79.9. The van der Waals surface area contributed by atoms with Gasteiger partial charge in [-0.05, 0) is 25.7 Å². The minimum Gasteiger partial charge on any atom is -0.381 e. The summed E-state index contributed by atoms with van der Waals surface area (Å²) in [6.07, 6.45) is 4.54. The number of ether oxygens (including phenoxy) is 3. The Morgan fingerprint density at radius 2 is 1.59 bits per heavy atom. The molecule has 0 aromatic heterocycles. The fraction of sp³-hybridized carbons (Fsp3) is 1.00. The molecule has 0 aliphatic carbocycles. The number of hydrogen-bond donors (Lipinski definition) is 0. The van der Waals surface area contributed by atoms with Gasteiger partial charge < -0.3 is 14.2 Å². The second-order valence-electron chi connectivity index (χ2n) is 5.07. The molecule has 0 unspecified atom stereocenters. The molecule has 1 aliphatic heterocycles. The number of alkyl halides is 1. The van der Waals surface area contributed by atoms with E-state index in [2.05, 4.69) is 22.9 Å². The Kier molecular flexibility index (Phi) is 8.44. The average Bonchev–Trinajstić information content (AvgIpc) is 2.29. The van der Waals surface area contributed by atoms with Crippen molar-refractivity contribution in [1.82, 2.24) is 0 Å². The van der Waals surface area contributed by atoms with Gasteiger partial charge >= 0.3 is 0 Å². The van der Waals surface area contributed by atoms with Gasteiger partial charge in [0.05, 0.1) is 19.8 Å². The molecule has 17 heavy (non-hydrogen) atoms. The van der Waals surface area contributed by atoms with Crippen molar-refractivity contribution < 1.29 is 14.2 Å². The Labute approximate surface area is 113 Å². The first-order valence-corrected chi connectivity index (χ1v) is 7.68. The van der Waals surface area contributed by atoms with Gasteiger partial charge in [-0.2, -0.15) is 0 Å². The van der Waals surface area contributed by atoms with Gasteiger partial charge in [-0.15, -0.1) is 0 Å². The second-order valence-corrected chi connectivity index (χ2v) is 5.86. The SMILES string of the molecule is CC1(COCCCCOCCCCBr)COC1. The fourth-order valence-electron chi connectivity index (χ4n) is 1.66. The topological polar surface area (TPSA) is 27.7 Å². The third-order valence-electron chi connectivity index (χ3n) is 2.85. The summed E-state index contributed by atoms with van der Waals surface area (Å²) < 4.78 is 16.3. The quantitative estimate of drug-likeness (QED) is 0.434. The van der Waals surface area contributed by atoms with Crippen molar-refractivity contribution in [3.63, 3.8) is 0 Å². The molecule has 0 radical (unpaired) electrons. The van der Waals surface area contributed by atoms with Crippen LogP contribution in [0.25, 0.3) is 0 Å². The molecule has 0 aromatic carbocycles. The van der Waals surface area contributed by atoms with Crippen LogP contribution in [0.15, 0.2) is 0 Å². The normalized spacial score (nSPS) is 18.0. The Bertz CT molecular complexity index is 184. The molecular weight excluding hydrogens is 284 g/mol. The van der Waals surface area contributed by atoms with Crippen LogP contribution in [0.3, 0.4) is 0 Å². The zero-order valence-corrected chi connectivity index (χ0v) is 12.5. The minimum absolute atomic E-state index is 0.284. The molecule has 0 bridgehead atoms. The summed E-state index contributed by atoms with van der Waals surface area (Å²) in [6, 6.07) is 0. The molecule has 0 aromatic rings. The van der Waals surface area contributed by atoms with Crippen molar-refractivity contribution in [3.05, 3.63) is 0 Å². The lowest BCUT2D eigenvalue weighted by atomic mass is 9.90. The predicted octanol–water partition coefficient (Wildman–Crippen LogP) is 3.01. The molecule has 0 spiro atoms. The molecular formula is C13H25BrO3. The first-order valence-electron chi connectivity index (χ1n) is 6.56. The summed E-state index contributed by atoms with van der Waals surface area (Å²) in [4.78, 5) is 0. The van der Waals surface area contributed by atoms with Gasteiger partial charge in [-0.1, -0.05) is 22.9 Å². The van der Waals surface area contributed by atoms with E-state index >= 15 is 0 Å². The lowest BCUT2D eigenvalue weighted by Gasteiger charge is -2.37. The lowest BCUT2D eigenvalue weighted by Crippen LogP contribution is -2.43. The lowest BCUT2D eigenvalue weighted by molar-refractivity contribution is -0.138. The molecule has 1 rings (SSSR count). The van der Waals surface area contributed by atoms with Crippen molar-refractivity contribution in [2.45, 2.75) is 32.6 Å². The molecule has 0 saturated carbocycles. The summed E-state index contributed by atoms with van der Waals surface area (Å²) >= 11 is 3.41. The van der Waals surface area contributed by atoms with Gasteiger partial charge in [0.15, 0.2) is 0 Å². The van der Waals surface area contributed by atoms with E-state index in [4.69, 9.17) is 14.2 Å². The maximum absolute atomic E-state index is 5.64. The van der Waals surface area contributed by atoms with Gasteiger partial charge in [0.2, 0.25) is 0 Å². The van der Waals surface area contributed by atoms with E-state index in [-0.39, 0.29) is 5.41 Å². The predicted molar refractivity (Wildman–Crippen MR) is 72.8 cm³/mol. The van der Waals surface area contributed by atoms with Crippen molar-refractivity contribution in [2.24, 2.45) is 5.41 Å². The van der Waals surface area contributed by atoms with E-state index < -0.39 is 0 Å². The van der Waals surface area contributed by atoms with E-state index in [9.17, 15) is 0 Å². The Hall–Kier alpha value is 0.360. The molecule has 1 aliphatic rings. The molecule has 1 saturated heterocycles. The first-order chi connectivity index (χ1) is 8.27. The van der Waals surface area contributed by atoms with Crippen LogP contribution in [0.4, 0.5) is 0 Å². The van der Waals surface area contributed by atoms with Crippen LogP contribution in [0, 0.1) is 5.41 Å². The summed E-state index contributed by atoms with van der Waals surface area (Å²) in [7, 11) is 0. The maximum atomic E-state index is 5.64. The number of rotatable bonds is 11. The maximum Gasteiger partial charge on any atom is 0.0564 e. The van der Waals surface area contributed by atoms with E-state index in [0.29, 0.717) is 0 Å². The van der Waals surface area contributed by atoms with E-state index in [0.717, 1.165) is 64.2 Å². The monoisotopic (exact) mass is 308 g/mol. The third kappa shape index (κ3) is 7.39. The first kappa shape index (κ1) is 15.4. The van der Waals surface area contributed by atoms with Crippen LogP contribution in [-0.4, -0.2) is 45.0 Å². The van der Waals surface area contributed by atoms with Crippen LogP contribution in [0.5, 0.6) is 0 Å². The summed E-state index contributed by atoms with van der Waals surface area (Å²) in [5.74, 6) is 0. The summed E-state index contributed by atoms with van der Waals surface area (Å²) in [5, 5.41) is 1.08. The highest BCUT2D eigenvalue weighted by molar-refractivity contribution is 9.09. The largest absolute Gasteiger partial charge is 0.381 e. The second kappa shape index (κ2) is 9.31. The number of unbranched alkanes of at least 4 members (excludes halogenated alkanes) is 2. The molecule has 102 valence electrons. The third-order valence-corrected chi connectivity index (χ3v) is 3.41. The van der Waals surface area contributed by atoms with Crippen LogP contribution in [-0.2, 0) is 14.2 Å². The average molecular weight is 309 g/mol. The summed E-state index contributed by atoms with van der Waals surface area (Å²) in [6.45, 7) is 7.35. The summed E-state index contributed by atoms with van der Waals surface area (Å²) in [5.41, 5.74) is 0.284. The number of halogens is 1. The minimum atomic E-state index is 0.284. The zero-order chi connectivity index (χ0) is 12.4. The van der Waals surface area contributed by atoms with Crippen molar-refractivity contribution in [3.8, 4) is 0 Å². The highest BCUT2D eigenvalue weighted by Gasteiger charge is 2.33. The van der Waals surface area contributed by atoms with Crippen LogP contribution in [0.1, 0.15) is 32.6 Å². The standard InChI is InChI=1S/C13H25BrO3/c1-13(11-17-12-13)10-16-9-5-4-8-15-7-3-2-6-14/h2-12H2,1H3. The molecule has 0 N–H and O–H groups in total. The van der Waals surface area contributed by atoms with Crippen LogP contribution < -0.4 is 0 Å². The van der Waals surface area contributed by atoms with Gasteiger partial charge in [-0.25, -0.2) is 0 Å². The Morgan fingerprint density at radius 3 is 2.12 bits per heavy atom. The zero-order valence-electron chi connectivity index (χ0n) is 10.9. The molecule has 1 fully saturated rings. The fourth-order valence-corrected chi connectivity index (χ4v) is 2.06. The Morgan fingerprint density at radius 1 is 1.00 bits per heavy atom. The Balaban J connectivity index is 1.72. The molecule has 0 amide bonds. The van der Waals surface area contributed by atoms with E-state index in [1.807, 2.05) is 0 Å². The molecule has 4 heteroatoms. The van der Waals surface area contributed by atoms with E-state index in [1.165, 1.54) is 6.42 Å². The van der Waals surface area contributed by atoms with Crippen molar-refractivity contribution >= 4 is 15.9 Å². The van der Waals surface area contributed by atoms with Gasteiger partial charge in [0.25, 0.3) is 0 Å².